The fourth-order valence-corrected chi connectivity index (χ4v) is 10.8. The van der Waals surface area contributed by atoms with Crippen molar-refractivity contribution in [2.45, 2.75) is 406 Å². The lowest BCUT2D eigenvalue weighted by atomic mass is 10.0. The van der Waals surface area contributed by atoms with Crippen molar-refractivity contribution >= 4 is 17.9 Å². The molecule has 0 radical (unpaired) electrons. The molecule has 0 heterocycles. The van der Waals surface area contributed by atoms with Crippen LogP contribution in [0.1, 0.15) is 400 Å². The van der Waals surface area contributed by atoms with Crippen LogP contribution in [0.2, 0.25) is 0 Å². The van der Waals surface area contributed by atoms with E-state index >= 15 is 0 Å². The fraction of sp³-hybridized carbons (Fsp3) is 0.929. The van der Waals surface area contributed by atoms with Crippen LogP contribution in [-0.4, -0.2) is 37.2 Å². The Labute approximate surface area is 475 Å². The number of rotatable bonds is 65. The highest BCUT2D eigenvalue weighted by Crippen LogP contribution is 2.19. The summed E-state index contributed by atoms with van der Waals surface area (Å²) < 4.78 is 16.9. The van der Waals surface area contributed by atoms with E-state index in [9.17, 15) is 14.4 Å². The zero-order chi connectivity index (χ0) is 55.0. The second kappa shape index (κ2) is 65.7. The predicted molar refractivity (Wildman–Crippen MR) is 330 cm³/mol. The summed E-state index contributed by atoms with van der Waals surface area (Å²) in [6.07, 6.45) is 78.6. The van der Waals surface area contributed by atoms with Crippen LogP contribution >= 0.6 is 0 Å². The number of ether oxygens (including phenoxy) is 3. The molecule has 0 aromatic heterocycles. The van der Waals surface area contributed by atoms with Gasteiger partial charge in [0.15, 0.2) is 6.10 Å². The second-order valence-corrected chi connectivity index (χ2v) is 23.8. The Morgan fingerprint density at radius 1 is 0.250 bits per heavy atom. The maximum absolute atomic E-state index is 12.9. The van der Waals surface area contributed by atoms with E-state index in [-0.39, 0.29) is 31.1 Å². The fourth-order valence-electron chi connectivity index (χ4n) is 10.8. The number of hydrogen-bond donors (Lipinski definition) is 0. The number of carbonyl (C=O) groups excluding carboxylic acids is 3. The summed E-state index contributed by atoms with van der Waals surface area (Å²) >= 11 is 0. The van der Waals surface area contributed by atoms with Crippen molar-refractivity contribution in [2.24, 2.45) is 0 Å². The molecule has 0 aliphatic rings. The predicted octanol–water partition coefficient (Wildman–Crippen LogP) is 23.6. The van der Waals surface area contributed by atoms with Crippen molar-refractivity contribution in [1.82, 2.24) is 0 Å². The number of esters is 3. The van der Waals surface area contributed by atoms with E-state index in [2.05, 4.69) is 32.9 Å². The molecular formula is C70H134O6. The number of hydrogen-bond acceptors (Lipinski definition) is 6. The van der Waals surface area contributed by atoms with Gasteiger partial charge in [0.1, 0.15) is 13.2 Å². The van der Waals surface area contributed by atoms with Crippen LogP contribution in [0.5, 0.6) is 0 Å². The number of allylic oxidation sites excluding steroid dienone is 2. The topological polar surface area (TPSA) is 78.9 Å². The maximum atomic E-state index is 12.9. The van der Waals surface area contributed by atoms with Gasteiger partial charge in [-0.15, -0.1) is 0 Å². The minimum Gasteiger partial charge on any atom is -0.462 e. The summed E-state index contributed by atoms with van der Waals surface area (Å²) in [7, 11) is 0. The second-order valence-electron chi connectivity index (χ2n) is 23.8. The minimum absolute atomic E-state index is 0.0640. The summed E-state index contributed by atoms with van der Waals surface area (Å²) in [6, 6.07) is 0. The lowest BCUT2D eigenvalue weighted by molar-refractivity contribution is -0.167. The van der Waals surface area contributed by atoms with Gasteiger partial charge in [0.2, 0.25) is 0 Å². The molecule has 0 aromatic carbocycles. The first-order chi connectivity index (χ1) is 37.5. The molecule has 0 amide bonds. The third-order valence-corrected chi connectivity index (χ3v) is 16.0. The quantitative estimate of drug-likeness (QED) is 0.0261. The molecule has 6 nitrogen and oxygen atoms in total. The highest BCUT2D eigenvalue weighted by molar-refractivity contribution is 5.71. The van der Waals surface area contributed by atoms with E-state index in [1.807, 2.05) is 0 Å². The Bertz CT molecular complexity index is 1180. The summed E-state index contributed by atoms with van der Waals surface area (Å²) in [5, 5.41) is 0. The lowest BCUT2D eigenvalue weighted by Crippen LogP contribution is -2.30. The Balaban J connectivity index is 3.97. The van der Waals surface area contributed by atoms with Crippen LogP contribution in [0.3, 0.4) is 0 Å². The number of unbranched alkanes of at least 4 members (excludes halogenated alkanes) is 52. The third-order valence-electron chi connectivity index (χ3n) is 16.0. The summed E-state index contributed by atoms with van der Waals surface area (Å²) in [4.78, 5) is 38.1. The normalized spacial score (nSPS) is 12.0. The van der Waals surface area contributed by atoms with Gasteiger partial charge in [0.05, 0.1) is 0 Å². The minimum atomic E-state index is -0.764. The van der Waals surface area contributed by atoms with Crippen molar-refractivity contribution in [3.05, 3.63) is 12.2 Å². The first-order valence-electron chi connectivity index (χ1n) is 34.7. The van der Waals surface area contributed by atoms with Crippen LogP contribution in [-0.2, 0) is 28.6 Å². The molecule has 0 aliphatic heterocycles. The van der Waals surface area contributed by atoms with Crippen molar-refractivity contribution in [3.63, 3.8) is 0 Å². The van der Waals surface area contributed by atoms with Crippen LogP contribution in [0.15, 0.2) is 12.2 Å². The highest BCUT2D eigenvalue weighted by atomic mass is 16.6. The molecule has 0 spiro atoms. The lowest BCUT2D eigenvalue weighted by Gasteiger charge is -2.18. The molecule has 450 valence electrons. The largest absolute Gasteiger partial charge is 0.462 e. The van der Waals surface area contributed by atoms with Gasteiger partial charge in [-0.25, -0.2) is 0 Å². The smallest absolute Gasteiger partial charge is 0.306 e. The van der Waals surface area contributed by atoms with Crippen LogP contribution in [0.25, 0.3) is 0 Å². The van der Waals surface area contributed by atoms with Crippen molar-refractivity contribution in [2.75, 3.05) is 13.2 Å². The molecule has 0 N–H and O–H groups in total. The summed E-state index contributed by atoms with van der Waals surface area (Å²) in [5.74, 6) is -0.844. The molecule has 0 saturated carbocycles. The van der Waals surface area contributed by atoms with Crippen LogP contribution < -0.4 is 0 Å². The van der Waals surface area contributed by atoms with Crippen molar-refractivity contribution in [3.8, 4) is 0 Å². The van der Waals surface area contributed by atoms with E-state index in [4.69, 9.17) is 14.2 Å². The third kappa shape index (κ3) is 63.0. The average Bonchev–Trinajstić information content (AvgIpc) is 3.42. The van der Waals surface area contributed by atoms with Crippen molar-refractivity contribution < 1.29 is 28.6 Å². The molecule has 6 heteroatoms. The van der Waals surface area contributed by atoms with Crippen molar-refractivity contribution in [1.29, 1.82) is 0 Å². The van der Waals surface area contributed by atoms with E-state index in [0.717, 1.165) is 57.8 Å². The van der Waals surface area contributed by atoms with Gasteiger partial charge in [-0.3, -0.25) is 14.4 Å². The Morgan fingerprint density at radius 3 is 0.658 bits per heavy atom. The maximum Gasteiger partial charge on any atom is 0.306 e. The van der Waals surface area contributed by atoms with Crippen LogP contribution in [0.4, 0.5) is 0 Å². The van der Waals surface area contributed by atoms with E-state index < -0.39 is 6.10 Å². The Hall–Kier alpha value is -1.85. The van der Waals surface area contributed by atoms with Gasteiger partial charge in [-0.05, 0) is 44.9 Å². The van der Waals surface area contributed by atoms with Gasteiger partial charge < -0.3 is 14.2 Å². The van der Waals surface area contributed by atoms with Gasteiger partial charge in [-0.1, -0.05) is 348 Å². The van der Waals surface area contributed by atoms with E-state index in [1.165, 1.54) is 302 Å². The molecule has 0 fully saturated rings. The Morgan fingerprint density at radius 2 is 0.434 bits per heavy atom. The first-order valence-corrected chi connectivity index (χ1v) is 34.7. The van der Waals surface area contributed by atoms with Gasteiger partial charge in [-0.2, -0.15) is 0 Å². The molecule has 1 atom stereocenters. The number of carbonyl (C=O) groups is 3. The molecular weight excluding hydrogens is 937 g/mol. The molecule has 0 rings (SSSR count). The molecule has 1 unspecified atom stereocenters. The first kappa shape index (κ1) is 74.2. The molecule has 0 aromatic rings. The molecule has 76 heavy (non-hydrogen) atoms. The van der Waals surface area contributed by atoms with E-state index in [1.54, 1.807) is 0 Å². The average molecular weight is 1070 g/mol. The van der Waals surface area contributed by atoms with E-state index in [0.29, 0.717) is 19.3 Å². The molecule has 0 saturated heterocycles. The summed E-state index contributed by atoms with van der Waals surface area (Å²) in [6.45, 7) is 6.66. The highest BCUT2D eigenvalue weighted by Gasteiger charge is 2.19. The standard InChI is InChI=1S/C70H134O6/c1-4-7-10-13-16-18-20-22-24-26-28-30-32-34-35-37-38-40-42-44-46-48-50-52-54-57-60-63-69(72)75-66-67(65-74-68(71)62-59-56-15-12-9-6-3)76-70(73)64-61-58-55-53-51-49-47-45-43-41-39-36-33-31-29-27-25-23-21-19-17-14-11-8-5-2/h27,29,67H,4-26,28,30-66H2,1-3H3/b29-27-. The van der Waals surface area contributed by atoms with Gasteiger partial charge in [0.25, 0.3) is 0 Å². The molecule has 0 bridgehead atoms. The van der Waals surface area contributed by atoms with Gasteiger partial charge >= 0.3 is 17.9 Å². The van der Waals surface area contributed by atoms with Crippen LogP contribution in [0, 0.1) is 0 Å². The zero-order valence-electron chi connectivity index (χ0n) is 51.8. The Kier molecular flexibility index (Phi) is 64.1. The zero-order valence-corrected chi connectivity index (χ0v) is 51.8. The summed E-state index contributed by atoms with van der Waals surface area (Å²) in [5.41, 5.74) is 0. The monoisotopic (exact) mass is 1070 g/mol. The molecule has 0 aliphatic carbocycles. The SMILES string of the molecule is CCCCCCCCCC/C=C\CCCCCCCCCCCCCCCC(=O)OC(COC(=O)CCCCCCCC)COC(=O)CCCCCCCCCCCCCCCCCCCCCCCCCCCCC. The van der Waals surface area contributed by atoms with Gasteiger partial charge in [0, 0.05) is 19.3 Å².